The normalized spacial score (nSPS) is 18.7. The number of allylic oxidation sites excluding steroid dienone is 1. The molecule has 0 aromatic carbocycles. The van der Waals surface area contributed by atoms with Gasteiger partial charge in [-0.3, -0.25) is 0 Å². The molecule has 1 heterocycles. The van der Waals surface area contributed by atoms with Crippen LogP contribution in [0.3, 0.4) is 0 Å². The molecule has 2 rings (SSSR count). The quantitative estimate of drug-likeness (QED) is 0.648. The van der Waals surface area contributed by atoms with Crippen LogP contribution >= 0.6 is 11.3 Å². The summed E-state index contributed by atoms with van der Waals surface area (Å²) in [6.45, 7) is 13.2. The van der Waals surface area contributed by atoms with Crippen molar-refractivity contribution in [3.05, 3.63) is 27.5 Å². The number of aryl methyl sites for hydroxylation is 1. The molecule has 0 saturated heterocycles. The lowest BCUT2D eigenvalue weighted by Crippen LogP contribution is -2.21. The van der Waals surface area contributed by atoms with Gasteiger partial charge < -0.3 is 0 Å². The van der Waals surface area contributed by atoms with Crippen molar-refractivity contribution in [1.82, 2.24) is 0 Å². The molecule has 1 aromatic heterocycles. The van der Waals surface area contributed by atoms with E-state index in [1.165, 1.54) is 35.3 Å². The zero-order valence-electron chi connectivity index (χ0n) is 10.2. The molecule has 0 saturated carbocycles. The van der Waals surface area contributed by atoms with Crippen LogP contribution in [0.1, 0.15) is 48.1 Å². The zero-order chi connectivity index (χ0) is 11.2. The predicted molar refractivity (Wildman–Crippen MR) is 69.6 cm³/mol. The van der Waals surface area contributed by atoms with Crippen molar-refractivity contribution in [2.45, 2.75) is 47.0 Å². The maximum Gasteiger partial charge on any atom is 0.0328 e. The van der Waals surface area contributed by atoms with Crippen LogP contribution in [0.15, 0.2) is 6.58 Å². The van der Waals surface area contributed by atoms with Crippen molar-refractivity contribution in [2.24, 2.45) is 5.41 Å². The number of rotatable bonds is 1. The second-order valence-electron chi connectivity index (χ2n) is 5.58. The molecule has 1 heteroatoms. The first-order valence-corrected chi connectivity index (χ1v) is 6.49. The fourth-order valence-corrected chi connectivity index (χ4v) is 3.72. The average molecular weight is 220 g/mol. The average Bonchev–Trinajstić information content (AvgIpc) is 2.42. The summed E-state index contributed by atoms with van der Waals surface area (Å²) in [4.78, 5) is 3.04. The molecule has 0 radical (unpaired) electrons. The Morgan fingerprint density at radius 3 is 2.67 bits per heavy atom. The van der Waals surface area contributed by atoms with Crippen molar-refractivity contribution in [2.75, 3.05) is 0 Å². The highest BCUT2D eigenvalue weighted by Gasteiger charge is 2.28. The zero-order valence-corrected chi connectivity index (χ0v) is 11.1. The van der Waals surface area contributed by atoms with Crippen LogP contribution in [0, 0.1) is 12.3 Å². The molecular formula is C14H20S. The van der Waals surface area contributed by atoms with E-state index in [-0.39, 0.29) is 0 Å². The topological polar surface area (TPSA) is 0 Å². The molecule has 1 aliphatic carbocycles. The van der Waals surface area contributed by atoms with Gasteiger partial charge in [0.2, 0.25) is 0 Å². The van der Waals surface area contributed by atoms with E-state index >= 15 is 0 Å². The first-order chi connectivity index (χ1) is 6.91. The number of hydrogen-bond donors (Lipinski definition) is 0. The SMILES string of the molecule is C=C(C)c1sc2c(c1C)CC(C)(C)CC2. The van der Waals surface area contributed by atoms with Gasteiger partial charge in [-0.1, -0.05) is 20.4 Å². The number of thiophene rings is 1. The second kappa shape index (κ2) is 3.48. The van der Waals surface area contributed by atoms with Gasteiger partial charge in [0.15, 0.2) is 0 Å². The lowest BCUT2D eigenvalue weighted by atomic mass is 9.76. The van der Waals surface area contributed by atoms with Crippen molar-refractivity contribution in [3.63, 3.8) is 0 Å². The van der Waals surface area contributed by atoms with E-state index in [4.69, 9.17) is 0 Å². The number of fused-ring (bicyclic) bond motifs is 1. The Balaban J connectivity index is 2.47. The Hall–Kier alpha value is -0.560. The third-order valence-corrected chi connectivity index (χ3v) is 4.98. The summed E-state index contributed by atoms with van der Waals surface area (Å²) in [5.74, 6) is 0. The maximum absolute atomic E-state index is 4.08. The van der Waals surface area contributed by atoms with Gasteiger partial charge in [-0.15, -0.1) is 11.3 Å². The van der Waals surface area contributed by atoms with Gasteiger partial charge in [-0.25, -0.2) is 0 Å². The van der Waals surface area contributed by atoms with Crippen LogP contribution in [0.5, 0.6) is 0 Å². The van der Waals surface area contributed by atoms with E-state index in [2.05, 4.69) is 34.3 Å². The van der Waals surface area contributed by atoms with Gasteiger partial charge in [0.05, 0.1) is 0 Å². The summed E-state index contributed by atoms with van der Waals surface area (Å²) in [7, 11) is 0. The van der Waals surface area contributed by atoms with Crippen LogP contribution in [0.4, 0.5) is 0 Å². The van der Waals surface area contributed by atoms with Gasteiger partial charge in [0.25, 0.3) is 0 Å². The minimum atomic E-state index is 0.491. The molecule has 0 nitrogen and oxygen atoms in total. The summed E-state index contributed by atoms with van der Waals surface area (Å²) >= 11 is 1.97. The van der Waals surface area contributed by atoms with Crippen LogP contribution in [-0.2, 0) is 12.8 Å². The van der Waals surface area contributed by atoms with E-state index < -0.39 is 0 Å². The number of hydrogen-bond acceptors (Lipinski definition) is 1. The Kier molecular flexibility index (Phi) is 2.54. The fourth-order valence-electron chi connectivity index (χ4n) is 2.47. The van der Waals surface area contributed by atoms with E-state index in [0.717, 1.165) is 0 Å². The van der Waals surface area contributed by atoms with Crippen LogP contribution < -0.4 is 0 Å². The molecule has 0 unspecified atom stereocenters. The first-order valence-electron chi connectivity index (χ1n) is 5.68. The molecule has 0 N–H and O–H groups in total. The Morgan fingerprint density at radius 1 is 1.40 bits per heavy atom. The highest BCUT2D eigenvalue weighted by Crippen LogP contribution is 2.42. The van der Waals surface area contributed by atoms with Crippen molar-refractivity contribution >= 4 is 16.9 Å². The van der Waals surface area contributed by atoms with Gasteiger partial charge in [-0.2, -0.15) is 0 Å². The third kappa shape index (κ3) is 1.90. The minimum absolute atomic E-state index is 0.491. The predicted octanol–water partition coefficient (Wildman–Crippen LogP) is 4.60. The van der Waals surface area contributed by atoms with Gasteiger partial charge in [-0.05, 0) is 55.2 Å². The lowest BCUT2D eigenvalue weighted by Gasteiger charge is -2.29. The Morgan fingerprint density at radius 2 is 2.07 bits per heavy atom. The second-order valence-corrected chi connectivity index (χ2v) is 6.68. The molecule has 0 atom stereocenters. The molecule has 82 valence electrons. The lowest BCUT2D eigenvalue weighted by molar-refractivity contribution is 0.317. The molecule has 0 fully saturated rings. The maximum atomic E-state index is 4.08. The molecule has 1 aliphatic rings. The van der Waals surface area contributed by atoms with Gasteiger partial charge >= 0.3 is 0 Å². The van der Waals surface area contributed by atoms with E-state index in [0.29, 0.717) is 5.41 Å². The molecular weight excluding hydrogens is 200 g/mol. The van der Waals surface area contributed by atoms with E-state index in [1.807, 2.05) is 11.3 Å². The van der Waals surface area contributed by atoms with Crippen molar-refractivity contribution in [1.29, 1.82) is 0 Å². The smallest absolute Gasteiger partial charge is 0.0328 e. The Bertz CT molecular complexity index is 407. The summed E-state index contributed by atoms with van der Waals surface area (Å²) in [6.07, 6.45) is 3.84. The van der Waals surface area contributed by atoms with Gasteiger partial charge in [0, 0.05) is 9.75 Å². The largest absolute Gasteiger partial charge is 0.140 e. The molecule has 0 spiro atoms. The molecule has 0 aliphatic heterocycles. The van der Waals surface area contributed by atoms with Crippen LogP contribution in [-0.4, -0.2) is 0 Å². The van der Waals surface area contributed by atoms with Crippen LogP contribution in [0.2, 0.25) is 0 Å². The standard InChI is InChI=1S/C14H20S/c1-9(2)13-10(3)11-8-14(4,5)7-6-12(11)15-13/h1,6-8H2,2-5H3. The van der Waals surface area contributed by atoms with Crippen molar-refractivity contribution in [3.8, 4) is 0 Å². The van der Waals surface area contributed by atoms with E-state index in [1.54, 1.807) is 10.4 Å². The fraction of sp³-hybridized carbons (Fsp3) is 0.571. The van der Waals surface area contributed by atoms with Gasteiger partial charge in [0.1, 0.15) is 0 Å². The monoisotopic (exact) mass is 220 g/mol. The van der Waals surface area contributed by atoms with Crippen LogP contribution in [0.25, 0.3) is 5.57 Å². The minimum Gasteiger partial charge on any atom is -0.140 e. The highest BCUT2D eigenvalue weighted by molar-refractivity contribution is 7.13. The molecule has 1 aromatic rings. The Labute approximate surface area is 97.0 Å². The molecule has 0 bridgehead atoms. The summed E-state index contributed by atoms with van der Waals surface area (Å²) < 4.78 is 0. The molecule has 15 heavy (non-hydrogen) atoms. The highest BCUT2D eigenvalue weighted by atomic mass is 32.1. The van der Waals surface area contributed by atoms with Crippen molar-refractivity contribution < 1.29 is 0 Å². The third-order valence-electron chi connectivity index (χ3n) is 3.43. The first kappa shape index (κ1) is 10.9. The molecule has 0 amide bonds. The summed E-state index contributed by atoms with van der Waals surface area (Å²) in [6, 6.07) is 0. The van der Waals surface area contributed by atoms with E-state index in [9.17, 15) is 0 Å². The summed E-state index contributed by atoms with van der Waals surface area (Å²) in [5.41, 5.74) is 4.83. The summed E-state index contributed by atoms with van der Waals surface area (Å²) in [5, 5.41) is 0.